The molecule has 0 unspecified atom stereocenters. The number of hydrogen-bond donors (Lipinski definition) is 2. The van der Waals surface area contributed by atoms with Crippen LogP contribution in [-0.4, -0.2) is 31.5 Å². The van der Waals surface area contributed by atoms with Crippen LogP contribution in [0.1, 0.15) is 16.7 Å². The second kappa shape index (κ2) is 9.28. The first-order valence-electron chi connectivity index (χ1n) is 10.2. The third kappa shape index (κ3) is 4.68. The largest absolute Gasteiger partial charge is 0.507 e. The third-order valence-electron chi connectivity index (χ3n) is 5.06. The van der Waals surface area contributed by atoms with E-state index < -0.39 is 0 Å². The van der Waals surface area contributed by atoms with Crippen LogP contribution in [0.5, 0.6) is 5.75 Å². The minimum absolute atomic E-state index is 0.121. The van der Waals surface area contributed by atoms with E-state index in [-0.39, 0.29) is 17.4 Å². The van der Waals surface area contributed by atoms with E-state index in [2.05, 4.69) is 15.5 Å². The molecule has 0 fully saturated rings. The number of aromatic hydroxyl groups is 1. The number of nitrogens with one attached hydrogen (secondary N) is 1. The van der Waals surface area contributed by atoms with Crippen LogP contribution in [0.4, 0.5) is 5.69 Å². The second-order valence-corrected chi connectivity index (χ2v) is 8.59. The number of hydrogen-bond acceptors (Lipinski definition) is 5. The molecule has 1 amide bonds. The van der Waals surface area contributed by atoms with Crippen LogP contribution in [0.25, 0.3) is 17.1 Å². The lowest BCUT2D eigenvalue weighted by Gasteiger charge is -2.12. The molecule has 0 bridgehead atoms. The van der Waals surface area contributed by atoms with Crippen molar-refractivity contribution in [3.63, 3.8) is 0 Å². The van der Waals surface area contributed by atoms with E-state index in [4.69, 9.17) is 0 Å². The van der Waals surface area contributed by atoms with E-state index in [9.17, 15) is 9.90 Å². The molecule has 1 heterocycles. The van der Waals surface area contributed by atoms with Gasteiger partial charge in [0.15, 0.2) is 11.0 Å². The van der Waals surface area contributed by atoms with Gasteiger partial charge in [0.05, 0.1) is 11.3 Å². The summed E-state index contributed by atoms with van der Waals surface area (Å²) in [6.45, 7) is 6.02. The number of benzene rings is 3. The number of rotatable bonds is 6. The van der Waals surface area contributed by atoms with Gasteiger partial charge in [-0.3, -0.25) is 9.36 Å². The Kier molecular flexibility index (Phi) is 6.28. The van der Waals surface area contributed by atoms with Crippen LogP contribution >= 0.6 is 11.8 Å². The Labute approximate surface area is 191 Å². The predicted molar refractivity (Wildman–Crippen MR) is 128 cm³/mol. The van der Waals surface area contributed by atoms with Gasteiger partial charge < -0.3 is 10.4 Å². The fraction of sp³-hybridized carbons (Fsp3) is 0.160. The van der Waals surface area contributed by atoms with Gasteiger partial charge in [0.2, 0.25) is 5.91 Å². The standard InChI is InChI=1S/C25H24N4O2S/c1-16-8-11-19(12-9-16)29-24(20-6-4-5-7-22(20)30)27-28-25(29)32-15-23(31)26-21-13-10-17(2)14-18(21)3/h4-14,30H,15H2,1-3H3,(H,26,31). The topological polar surface area (TPSA) is 80.0 Å². The lowest BCUT2D eigenvalue weighted by molar-refractivity contribution is -0.113. The zero-order valence-electron chi connectivity index (χ0n) is 18.2. The quantitative estimate of drug-likeness (QED) is 0.395. The van der Waals surface area contributed by atoms with Gasteiger partial charge in [-0.05, 0) is 56.7 Å². The summed E-state index contributed by atoms with van der Waals surface area (Å²) in [6.07, 6.45) is 0. The van der Waals surface area contributed by atoms with E-state index in [0.717, 1.165) is 28.1 Å². The smallest absolute Gasteiger partial charge is 0.234 e. The Hall–Kier alpha value is -3.58. The highest BCUT2D eigenvalue weighted by Gasteiger charge is 2.19. The zero-order chi connectivity index (χ0) is 22.7. The average Bonchev–Trinajstić information content (AvgIpc) is 3.19. The molecule has 4 rings (SSSR count). The monoisotopic (exact) mass is 444 g/mol. The Balaban J connectivity index is 1.61. The molecule has 0 atom stereocenters. The molecule has 2 N–H and O–H groups in total. The fourth-order valence-corrected chi connectivity index (χ4v) is 4.15. The molecule has 6 nitrogen and oxygen atoms in total. The normalized spacial score (nSPS) is 10.8. The number of carbonyl (C=O) groups is 1. The highest BCUT2D eigenvalue weighted by molar-refractivity contribution is 7.99. The first-order valence-corrected chi connectivity index (χ1v) is 11.2. The molecule has 4 aromatic rings. The van der Waals surface area contributed by atoms with E-state index in [1.807, 2.05) is 73.9 Å². The first-order chi connectivity index (χ1) is 15.4. The molecule has 0 radical (unpaired) electrons. The minimum atomic E-state index is -0.121. The van der Waals surface area contributed by atoms with Crippen LogP contribution in [0.15, 0.2) is 71.9 Å². The molecule has 7 heteroatoms. The van der Waals surface area contributed by atoms with Gasteiger partial charge >= 0.3 is 0 Å². The number of phenols is 1. The van der Waals surface area contributed by atoms with Crippen LogP contribution in [0, 0.1) is 20.8 Å². The summed E-state index contributed by atoms with van der Waals surface area (Å²) in [4.78, 5) is 12.6. The van der Waals surface area contributed by atoms with Gasteiger partial charge in [0.25, 0.3) is 0 Å². The molecular formula is C25H24N4O2S. The summed E-state index contributed by atoms with van der Waals surface area (Å²) >= 11 is 1.30. The van der Waals surface area contributed by atoms with Gasteiger partial charge in [0, 0.05) is 11.4 Å². The lowest BCUT2D eigenvalue weighted by atomic mass is 10.1. The van der Waals surface area contributed by atoms with E-state index in [1.165, 1.54) is 11.8 Å². The predicted octanol–water partition coefficient (Wildman–Crippen LogP) is 5.30. The van der Waals surface area contributed by atoms with Crippen molar-refractivity contribution >= 4 is 23.4 Å². The maximum absolute atomic E-state index is 12.6. The second-order valence-electron chi connectivity index (χ2n) is 7.65. The van der Waals surface area contributed by atoms with Crippen molar-refractivity contribution in [3.05, 3.63) is 83.4 Å². The van der Waals surface area contributed by atoms with Gasteiger partial charge in [-0.15, -0.1) is 10.2 Å². The van der Waals surface area contributed by atoms with Crippen molar-refractivity contribution in [2.75, 3.05) is 11.1 Å². The zero-order valence-corrected chi connectivity index (χ0v) is 19.0. The summed E-state index contributed by atoms with van der Waals surface area (Å²) in [7, 11) is 0. The number of phenolic OH excluding ortho intramolecular Hbond substituents is 1. The highest BCUT2D eigenvalue weighted by atomic mass is 32.2. The number of nitrogens with zero attached hydrogens (tertiary/aromatic N) is 3. The first kappa shape index (κ1) is 21.6. The molecule has 1 aromatic heterocycles. The highest BCUT2D eigenvalue weighted by Crippen LogP contribution is 2.32. The van der Waals surface area contributed by atoms with E-state index in [1.54, 1.807) is 18.2 Å². The van der Waals surface area contributed by atoms with Crippen LogP contribution in [0.2, 0.25) is 0 Å². The summed E-state index contributed by atoms with van der Waals surface area (Å²) in [5.74, 6) is 0.698. The van der Waals surface area contributed by atoms with Crippen molar-refractivity contribution in [1.82, 2.24) is 14.8 Å². The maximum Gasteiger partial charge on any atom is 0.234 e. The number of thioether (sulfide) groups is 1. The molecule has 32 heavy (non-hydrogen) atoms. The van der Waals surface area contributed by atoms with Crippen LogP contribution < -0.4 is 5.32 Å². The van der Waals surface area contributed by atoms with Crippen LogP contribution in [0.3, 0.4) is 0 Å². The van der Waals surface area contributed by atoms with Crippen molar-refractivity contribution < 1.29 is 9.90 Å². The van der Waals surface area contributed by atoms with Crippen molar-refractivity contribution in [2.24, 2.45) is 0 Å². The van der Waals surface area contributed by atoms with Gasteiger partial charge in [-0.1, -0.05) is 59.3 Å². The van der Waals surface area contributed by atoms with E-state index >= 15 is 0 Å². The van der Waals surface area contributed by atoms with Crippen molar-refractivity contribution in [3.8, 4) is 22.8 Å². The van der Waals surface area contributed by atoms with Crippen molar-refractivity contribution in [1.29, 1.82) is 0 Å². The molecule has 0 spiro atoms. The van der Waals surface area contributed by atoms with Crippen LogP contribution in [-0.2, 0) is 4.79 Å². The molecule has 0 aliphatic heterocycles. The Bertz CT molecular complexity index is 1270. The molecule has 0 aliphatic carbocycles. The SMILES string of the molecule is Cc1ccc(-n2c(SCC(=O)Nc3ccc(C)cc3C)nnc2-c2ccccc2O)cc1. The Morgan fingerprint density at radius 1 is 0.969 bits per heavy atom. The molecular weight excluding hydrogens is 420 g/mol. The number of carbonyl (C=O) groups excluding carboxylic acids is 1. The molecule has 0 saturated carbocycles. The third-order valence-corrected chi connectivity index (χ3v) is 5.99. The number of anilines is 1. The molecule has 0 saturated heterocycles. The average molecular weight is 445 g/mol. The van der Waals surface area contributed by atoms with Gasteiger partial charge in [0.1, 0.15) is 5.75 Å². The summed E-state index contributed by atoms with van der Waals surface area (Å²) in [6, 6.07) is 20.9. The fourth-order valence-electron chi connectivity index (χ4n) is 3.40. The number of aromatic nitrogens is 3. The summed E-state index contributed by atoms with van der Waals surface area (Å²) < 4.78 is 1.86. The molecule has 3 aromatic carbocycles. The Morgan fingerprint density at radius 3 is 2.41 bits per heavy atom. The Morgan fingerprint density at radius 2 is 1.69 bits per heavy atom. The summed E-state index contributed by atoms with van der Waals surface area (Å²) in [5.41, 5.74) is 5.54. The van der Waals surface area contributed by atoms with Crippen molar-refractivity contribution in [2.45, 2.75) is 25.9 Å². The maximum atomic E-state index is 12.6. The molecule has 0 aliphatic rings. The lowest BCUT2D eigenvalue weighted by Crippen LogP contribution is -2.15. The summed E-state index contributed by atoms with van der Waals surface area (Å²) in [5, 5.41) is 22.6. The van der Waals surface area contributed by atoms with E-state index in [0.29, 0.717) is 16.5 Å². The minimum Gasteiger partial charge on any atom is -0.507 e. The number of aryl methyl sites for hydroxylation is 3. The van der Waals surface area contributed by atoms with Gasteiger partial charge in [-0.2, -0.15) is 0 Å². The van der Waals surface area contributed by atoms with Gasteiger partial charge in [-0.25, -0.2) is 0 Å². The number of amides is 1. The number of para-hydroxylation sites is 1. The molecule has 162 valence electrons.